The minimum Gasteiger partial charge on any atom is -0.355 e. The summed E-state index contributed by atoms with van der Waals surface area (Å²) in [6.45, 7) is 5.42. The zero-order valence-electron chi connectivity index (χ0n) is 24.8. The van der Waals surface area contributed by atoms with Crippen molar-refractivity contribution in [3.63, 3.8) is 0 Å². The van der Waals surface area contributed by atoms with E-state index in [1.165, 1.54) is 17.0 Å². The molecule has 230 valence electrons. The first-order valence-corrected chi connectivity index (χ1v) is 16.8. The minimum atomic E-state index is -4.20. The number of rotatable bonds is 12. The summed E-state index contributed by atoms with van der Waals surface area (Å²) in [6.07, 6.45) is 0.246. The third-order valence-corrected chi connectivity index (χ3v) is 9.94. The number of benzene rings is 4. The second kappa shape index (κ2) is 14.9. The predicted molar refractivity (Wildman–Crippen MR) is 179 cm³/mol. The third-order valence-electron chi connectivity index (χ3n) is 7.22. The van der Waals surface area contributed by atoms with E-state index in [2.05, 4.69) is 21.2 Å². The van der Waals surface area contributed by atoms with Crippen LogP contribution >= 0.6 is 27.5 Å². The minimum absolute atomic E-state index is 0.0385. The molecule has 0 aliphatic rings. The molecule has 0 bridgehead atoms. The van der Waals surface area contributed by atoms with E-state index in [0.717, 1.165) is 31.0 Å². The fourth-order valence-electron chi connectivity index (χ4n) is 4.74. The lowest BCUT2D eigenvalue weighted by Crippen LogP contribution is -2.53. The summed E-state index contributed by atoms with van der Waals surface area (Å²) in [5, 5.41) is 3.24. The Labute approximate surface area is 273 Å². The first-order chi connectivity index (χ1) is 21.0. The summed E-state index contributed by atoms with van der Waals surface area (Å²) in [5.41, 5.74) is 3.57. The van der Waals surface area contributed by atoms with Crippen LogP contribution in [0, 0.1) is 13.8 Å². The Bertz CT molecular complexity index is 1700. The topological polar surface area (TPSA) is 86.8 Å². The van der Waals surface area contributed by atoms with E-state index in [1.54, 1.807) is 30.3 Å². The number of nitrogens with one attached hydrogen (secondary N) is 1. The SMILES string of the molecule is CCNC(=O)[C@H](Cc1ccccc1)N(Cc1ccc(Br)cc1)C(=O)CN(c1ccc(C)c(Cl)c1)S(=O)(=O)c1ccc(C)cc1. The zero-order valence-corrected chi connectivity index (χ0v) is 28.0. The summed E-state index contributed by atoms with van der Waals surface area (Å²) < 4.78 is 30.2. The number of aryl methyl sites for hydroxylation is 2. The maximum Gasteiger partial charge on any atom is 0.264 e. The molecule has 2 amide bonds. The molecule has 0 spiro atoms. The Morgan fingerprint density at radius 3 is 2.16 bits per heavy atom. The van der Waals surface area contributed by atoms with E-state index in [-0.39, 0.29) is 29.5 Å². The molecule has 0 aliphatic carbocycles. The van der Waals surface area contributed by atoms with Gasteiger partial charge in [-0.05, 0) is 73.9 Å². The van der Waals surface area contributed by atoms with Crippen molar-refractivity contribution < 1.29 is 18.0 Å². The Morgan fingerprint density at radius 1 is 0.886 bits per heavy atom. The number of amides is 2. The normalized spacial score (nSPS) is 11.9. The molecular weight excluding hydrogens is 662 g/mol. The average molecular weight is 697 g/mol. The van der Waals surface area contributed by atoms with Crippen molar-refractivity contribution >= 4 is 55.1 Å². The van der Waals surface area contributed by atoms with Gasteiger partial charge in [-0.15, -0.1) is 0 Å². The second-order valence-corrected chi connectivity index (χ2v) is 13.7. The first-order valence-electron chi connectivity index (χ1n) is 14.2. The van der Waals surface area contributed by atoms with Crippen LogP contribution in [0.25, 0.3) is 0 Å². The van der Waals surface area contributed by atoms with Crippen molar-refractivity contribution in [1.82, 2.24) is 10.2 Å². The van der Waals surface area contributed by atoms with Gasteiger partial charge in [0.05, 0.1) is 10.6 Å². The predicted octanol–water partition coefficient (Wildman–Crippen LogP) is 6.69. The molecular formula is C34H35BrClN3O4S. The highest BCUT2D eigenvalue weighted by atomic mass is 79.9. The number of nitrogens with zero attached hydrogens (tertiary/aromatic N) is 2. The van der Waals surface area contributed by atoms with Crippen LogP contribution in [0.3, 0.4) is 0 Å². The van der Waals surface area contributed by atoms with E-state index in [1.807, 2.05) is 75.4 Å². The van der Waals surface area contributed by atoms with E-state index < -0.39 is 28.5 Å². The molecule has 7 nitrogen and oxygen atoms in total. The van der Waals surface area contributed by atoms with E-state index in [0.29, 0.717) is 11.6 Å². The standard InChI is InChI=1S/C34H35BrClN3O4S/c1-4-37-34(41)32(20-26-8-6-5-7-9-26)38(22-27-13-15-28(35)16-14-27)33(40)23-39(29-17-12-25(3)31(36)21-29)44(42,43)30-18-10-24(2)11-19-30/h5-19,21,32H,4,20,22-23H2,1-3H3,(H,37,41)/t32-/m0/s1. The third kappa shape index (κ3) is 8.28. The van der Waals surface area contributed by atoms with Gasteiger partial charge in [0.1, 0.15) is 12.6 Å². The van der Waals surface area contributed by atoms with Crippen LogP contribution in [0.15, 0.2) is 106 Å². The van der Waals surface area contributed by atoms with Gasteiger partial charge >= 0.3 is 0 Å². The molecule has 4 rings (SSSR count). The van der Waals surface area contributed by atoms with Gasteiger partial charge in [0.15, 0.2) is 0 Å². The van der Waals surface area contributed by atoms with Gasteiger partial charge < -0.3 is 10.2 Å². The summed E-state index contributed by atoms with van der Waals surface area (Å²) in [4.78, 5) is 29.5. The second-order valence-electron chi connectivity index (χ2n) is 10.5. The largest absolute Gasteiger partial charge is 0.355 e. The summed E-state index contributed by atoms with van der Waals surface area (Å²) in [7, 11) is -4.20. The van der Waals surface area contributed by atoms with Gasteiger partial charge in [0, 0.05) is 29.0 Å². The molecule has 4 aromatic carbocycles. The van der Waals surface area contributed by atoms with E-state index in [9.17, 15) is 18.0 Å². The smallest absolute Gasteiger partial charge is 0.264 e. The van der Waals surface area contributed by atoms with Crippen molar-refractivity contribution in [3.05, 3.63) is 129 Å². The van der Waals surface area contributed by atoms with Gasteiger partial charge in [-0.25, -0.2) is 8.42 Å². The van der Waals surface area contributed by atoms with Crippen molar-refractivity contribution in [2.45, 2.75) is 44.7 Å². The molecule has 44 heavy (non-hydrogen) atoms. The number of likely N-dealkylation sites (N-methyl/N-ethyl adjacent to an activating group) is 1. The lowest BCUT2D eigenvalue weighted by molar-refractivity contribution is -0.140. The van der Waals surface area contributed by atoms with Crippen LogP contribution < -0.4 is 9.62 Å². The summed E-state index contributed by atoms with van der Waals surface area (Å²) >= 11 is 9.88. The molecule has 10 heteroatoms. The molecule has 0 aliphatic heterocycles. The molecule has 0 fully saturated rings. The van der Waals surface area contributed by atoms with Gasteiger partial charge in [-0.2, -0.15) is 0 Å². The number of carbonyl (C=O) groups is 2. The molecule has 0 heterocycles. The Hall–Kier alpha value is -3.66. The number of halogens is 2. The first kappa shape index (κ1) is 33.2. The van der Waals surface area contributed by atoms with Crippen molar-refractivity contribution in [2.24, 2.45) is 0 Å². The molecule has 0 saturated carbocycles. The van der Waals surface area contributed by atoms with Gasteiger partial charge in [0.2, 0.25) is 11.8 Å². The van der Waals surface area contributed by atoms with Gasteiger partial charge in [-0.1, -0.05) is 93.8 Å². The molecule has 4 aromatic rings. The van der Waals surface area contributed by atoms with Crippen LogP contribution in [-0.2, 0) is 32.6 Å². The molecule has 1 N–H and O–H groups in total. The summed E-state index contributed by atoms with van der Waals surface area (Å²) in [6, 6.07) is 27.3. The highest BCUT2D eigenvalue weighted by Gasteiger charge is 2.34. The number of sulfonamides is 1. The maximum atomic E-state index is 14.4. The van der Waals surface area contributed by atoms with Crippen LogP contribution in [0.4, 0.5) is 5.69 Å². The highest BCUT2D eigenvalue weighted by molar-refractivity contribution is 9.10. The van der Waals surface area contributed by atoms with Crippen molar-refractivity contribution in [1.29, 1.82) is 0 Å². The number of hydrogen-bond donors (Lipinski definition) is 1. The number of anilines is 1. The van der Waals surface area contributed by atoms with Crippen LogP contribution in [0.2, 0.25) is 5.02 Å². The average Bonchev–Trinajstić information content (AvgIpc) is 3.00. The summed E-state index contributed by atoms with van der Waals surface area (Å²) in [5.74, 6) is -0.861. The Morgan fingerprint density at radius 2 is 1.55 bits per heavy atom. The van der Waals surface area contributed by atoms with Crippen LogP contribution in [0.5, 0.6) is 0 Å². The van der Waals surface area contributed by atoms with Gasteiger partial charge in [-0.3, -0.25) is 13.9 Å². The van der Waals surface area contributed by atoms with Gasteiger partial charge in [0.25, 0.3) is 10.0 Å². The number of carbonyl (C=O) groups excluding carboxylic acids is 2. The maximum absolute atomic E-state index is 14.4. The Kier molecular flexibility index (Phi) is 11.2. The van der Waals surface area contributed by atoms with Crippen molar-refractivity contribution in [2.75, 3.05) is 17.4 Å². The zero-order chi connectivity index (χ0) is 31.9. The fraction of sp³-hybridized carbons (Fsp3) is 0.235. The monoisotopic (exact) mass is 695 g/mol. The molecule has 0 unspecified atom stereocenters. The van der Waals surface area contributed by atoms with E-state index >= 15 is 0 Å². The quantitative estimate of drug-likeness (QED) is 0.179. The highest BCUT2D eigenvalue weighted by Crippen LogP contribution is 2.29. The molecule has 0 aromatic heterocycles. The molecule has 1 atom stereocenters. The molecule has 0 saturated heterocycles. The van der Waals surface area contributed by atoms with Crippen LogP contribution in [-0.4, -0.2) is 44.3 Å². The lowest BCUT2D eigenvalue weighted by atomic mass is 10.0. The Balaban J connectivity index is 1.81. The van der Waals surface area contributed by atoms with Crippen LogP contribution in [0.1, 0.15) is 29.2 Å². The fourth-order valence-corrected chi connectivity index (χ4v) is 6.58. The van der Waals surface area contributed by atoms with E-state index in [4.69, 9.17) is 11.6 Å². The van der Waals surface area contributed by atoms with Crippen molar-refractivity contribution in [3.8, 4) is 0 Å². The molecule has 0 radical (unpaired) electrons. The number of hydrogen-bond acceptors (Lipinski definition) is 4. The lowest BCUT2D eigenvalue weighted by Gasteiger charge is -2.34.